The van der Waals surface area contributed by atoms with Crippen LogP contribution in [0.4, 0.5) is 10.5 Å². The Labute approximate surface area is 149 Å². The maximum Gasteiger partial charge on any atom is 0.321 e. The summed E-state index contributed by atoms with van der Waals surface area (Å²) < 4.78 is 5.51. The summed E-state index contributed by atoms with van der Waals surface area (Å²) in [4.78, 5) is 28.9. The van der Waals surface area contributed by atoms with Crippen molar-refractivity contribution in [1.82, 2.24) is 9.80 Å². The molecule has 136 valence electrons. The van der Waals surface area contributed by atoms with Crippen LogP contribution in [0.2, 0.25) is 0 Å². The predicted octanol–water partition coefficient (Wildman–Crippen LogP) is 2.49. The Hall–Kier alpha value is -2.08. The summed E-state index contributed by atoms with van der Waals surface area (Å²) in [5, 5.41) is 2.93. The molecule has 1 aromatic rings. The number of anilines is 1. The minimum absolute atomic E-state index is 0.107. The van der Waals surface area contributed by atoms with E-state index in [0.717, 1.165) is 30.7 Å². The third kappa shape index (κ3) is 4.12. The fourth-order valence-electron chi connectivity index (χ4n) is 3.52. The van der Waals surface area contributed by atoms with Crippen LogP contribution in [-0.4, -0.2) is 61.1 Å². The number of carbonyl (C=O) groups is 2. The van der Waals surface area contributed by atoms with E-state index in [-0.39, 0.29) is 11.9 Å². The average molecular weight is 345 g/mol. The number of urea groups is 1. The van der Waals surface area contributed by atoms with Crippen LogP contribution < -0.4 is 5.32 Å². The lowest BCUT2D eigenvalue weighted by molar-refractivity contribution is -0.150. The first-order valence-corrected chi connectivity index (χ1v) is 8.98. The molecule has 1 N–H and O–H groups in total. The number of aryl methyl sites for hydroxylation is 1. The second kappa shape index (κ2) is 7.44. The van der Waals surface area contributed by atoms with E-state index < -0.39 is 5.41 Å². The van der Waals surface area contributed by atoms with E-state index in [9.17, 15) is 9.59 Å². The van der Waals surface area contributed by atoms with Crippen LogP contribution in [0.15, 0.2) is 24.3 Å². The topological polar surface area (TPSA) is 61.9 Å². The van der Waals surface area contributed by atoms with Crippen LogP contribution in [0.5, 0.6) is 0 Å². The van der Waals surface area contributed by atoms with Crippen molar-refractivity contribution in [3.05, 3.63) is 29.8 Å². The first-order valence-electron chi connectivity index (χ1n) is 8.98. The summed E-state index contributed by atoms with van der Waals surface area (Å²) in [5.41, 5.74) is 1.50. The van der Waals surface area contributed by atoms with Gasteiger partial charge in [0.15, 0.2) is 0 Å². The van der Waals surface area contributed by atoms with E-state index in [4.69, 9.17) is 4.74 Å². The molecule has 2 fully saturated rings. The lowest BCUT2D eigenvalue weighted by atomic mass is 9.83. The van der Waals surface area contributed by atoms with Gasteiger partial charge in [-0.05, 0) is 44.4 Å². The molecule has 1 unspecified atom stereocenters. The highest BCUT2D eigenvalue weighted by Crippen LogP contribution is 2.30. The van der Waals surface area contributed by atoms with Crippen molar-refractivity contribution in [1.29, 1.82) is 0 Å². The first kappa shape index (κ1) is 17.7. The van der Waals surface area contributed by atoms with E-state index in [1.54, 1.807) is 4.90 Å². The molecule has 0 spiro atoms. The molecule has 25 heavy (non-hydrogen) atoms. The van der Waals surface area contributed by atoms with Crippen molar-refractivity contribution in [2.24, 2.45) is 5.41 Å². The Morgan fingerprint density at radius 1 is 1.16 bits per heavy atom. The van der Waals surface area contributed by atoms with E-state index >= 15 is 0 Å². The van der Waals surface area contributed by atoms with Crippen molar-refractivity contribution < 1.29 is 14.3 Å². The zero-order valence-electron chi connectivity index (χ0n) is 15.1. The highest BCUT2D eigenvalue weighted by atomic mass is 16.5. The standard InChI is InChI=1S/C19H27N3O3/c1-15-5-3-6-16(13-15)20-18(24)22-10-8-21(9-11-22)17(23)19(2)7-4-12-25-14-19/h3,5-6,13H,4,7-12,14H2,1-2H3,(H,20,24). The van der Waals surface area contributed by atoms with Crippen molar-refractivity contribution in [3.8, 4) is 0 Å². The molecule has 2 aliphatic rings. The van der Waals surface area contributed by atoms with Crippen molar-refractivity contribution in [2.45, 2.75) is 26.7 Å². The lowest BCUT2D eigenvalue weighted by Crippen LogP contribution is -2.55. The average Bonchev–Trinajstić information content (AvgIpc) is 2.62. The SMILES string of the molecule is Cc1cccc(NC(=O)N2CCN(C(=O)C3(C)CCCOC3)CC2)c1. The maximum atomic E-state index is 12.8. The van der Waals surface area contributed by atoms with Crippen LogP contribution in [0.1, 0.15) is 25.3 Å². The first-order chi connectivity index (χ1) is 12.0. The molecule has 0 aliphatic carbocycles. The Kier molecular flexibility index (Phi) is 5.27. The largest absolute Gasteiger partial charge is 0.380 e. The molecule has 1 atom stereocenters. The number of rotatable bonds is 2. The van der Waals surface area contributed by atoms with Crippen LogP contribution in [0.3, 0.4) is 0 Å². The Balaban J connectivity index is 1.52. The minimum Gasteiger partial charge on any atom is -0.380 e. The minimum atomic E-state index is -0.412. The van der Waals surface area contributed by atoms with Crippen LogP contribution in [0.25, 0.3) is 0 Å². The monoisotopic (exact) mass is 345 g/mol. The van der Waals surface area contributed by atoms with Gasteiger partial charge in [-0.1, -0.05) is 12.1 Å². The molecular weight excluding hydrogens is 318 g/mol. The predicted molar refractivity (Wildman–Crippen MR) is 96.5 cm³/mol. The third-order valence-corrected chi connectivity index (χ3v) is 5.08. The van der Waals surface area contributed by atoms with Gasteiger partial charge in [-0.2, -0.15) is 0 Å². The van der Waals surface area contributed by atoms with E-state index in [1.165, 1.54) is 0 Å². The molecule has 2 heterocycles. The smallest absolute Gasteiger partial charge is 0.321 e. The van der Waals surface area contributed by atoms with E-state index in [2.05, 4.69) is 5.32 Å². The summed E-state index contributed by atoms with van der Waals surface area (Å²) in [6.45, 7) is 7.50. The summed E-state index contributed by atoms with van der Waals surface area (Å²) in [6.07, 6.45) is 1.81. The molecule has 3 amide bonds. The molecule has 2 aliphatic heterocycles. The number of nitrogens with zero attached hydrogens (tertiary/aromatic N) is 2. The number of amides is 3. The molecule has 0 bridgehead atoms. The highest BCUT2D eigenvalue weighted by Gasteiger charge is 2.39. The quantitative estimate of drug-likeness (QED) is 0.896. The van der Waals surface area contributed by atoms with Gasteiger partial charge in [0.1, 0.15) is 0 Å². The van der Waals surface area contributed by atoms with E-state index in [1.807, 2.05) is 43.0 Å². The second-order valence-electron chi connectivity index (χ2n) is 7.30. The number of benzene rings is 1. The fourth-order valence-corrected chi connectivity index (χ4v) is 3.52. The molecule has 0 saturated carbocycles. The molecule has 6 nitrogen and oxygen atoms in total. The highest BCUT2D eigenvalue weighted by molar-refractivity contribution is 5.89. The van der Waals surface area contributed by atoms with Gasteiger partial charge < -0.3 is 19.9 Å². The van der Waals surface area contributed by atoms with Gasteiger partial charge in [0, 0.05) is 38.5 Å². The number of ether oxygens (including phenoxy) is 1. The summed E-state index contributed by atoms with van der Waals surface area (Å²) in [6, 6.07) is 7.64. The number of nitrogens with one attached hydrogen (secondary N) is 1. The van der Waals surface area contributed by atoms with Gasteiger partial charge in [0.2, 0.25) is 5.91 Å². The third-order valence-electron chi connectivity index (χ3n) is 5.08. The molecule has 0 radical (unpaired) electrons. The summed E-state index contributed by atoms with van der Waals surface area (Å²) in [7, 11) is 0. The molecule has 0 aromatic heterocycles. The number of hydrogen-bond donors (Lipinski definition) is 1. The normalized spacial score (nSPS) is 24.1. The Morgan fingerprint density at radius 3 is 2.52 bits per heavy atom. The van der Waals surface area contributed by atoms with Gasteiger partial charge in [-0.15, -0.1) is 0 Å². The van der Waals surface area contributed by atoms with Crippen LogP contribution in [-0.2, 0) is 9.53 Å². The summed E-state index contributed by atoms with van der Waals surface area (Å²) in [5.74, 6) is 0.158. The van der Waals surface area contributed by atoms with Gasteiger partial charge >= 0.3 is 6.03 Å². The van der Waals surface area contributed by atoms with Gasteiger partial charge in [0.05, 0.1) is 12.0 Å². The molecule has 2 saturated heterocycles. The molecule has 6 heteroatoms. The summed E-state index contributed by atoms with van der Waals surface area (Å²) >= 11 is 0. The van der Waals surface area contributed by atoms with Gasteiger partial charge in [0.25, 0.3) is 0 Å². The van der Waals surface area contributed by atoms with Crippen molar-refractivity contribution in [3.63, 3.8) is 0 Å². The number of hydrogen-bond acceptors (Lipinski definition) is 3. The lowest BCUT2D eigenvalue weighted by Gasteiger charge is -2.41. The molecular formula is C19H27N3O3. The van der Waals surface area contributed by atoms with Gasteiger partial charge in [-0.3, -0.25) is 4.79 Å². The fraction of sp³-hybridized carbons (Fsp3) is 0.579. The van der Waals surface area contributed by atoms with Crippen molar-refractivity contribution >= 4 is 17.6 Å². The Bertz CT molecular complexity index is 633. The van der Waals surface area contributed by atoms with Crippen LogP contribution in [0, 0.1) is 12.3 Å². The second-order valence-corrected chi connectivity index (χ2v) is 7.30. The van der Waals surface area contributed by atoms with Crippen molar-refractivity contribution in [2.75, 3.05) is 44.7 Å². The Morgan fingerprint density at radius 2 is 1.88 bits per heavy atom. The zero-order chi connectivity index (χ0) is 17.9. The number of piperazine rings is 1. The van der Waals surface area contributed by atoms with E-state index in [0.29, 0.717) is 32.8 Å². The van der Waals surface area contributed by atoms with Gasteiger partial charge in [-0.25, -0.2) is 4.79 Å². The molecule has 1 aromatic carbocycles. The maximum absolute atomic E-state index is 12.8. The number of carbonyl (C=O) groups excluding carboxylic acids is 2. The molecule has 3 rings (SSSR count). The zero-order valence-corrected chi connectivity index (χ0v) is 15.1. The van der Waals surface area contributed by atoms with Crippen LogP contribution >= 0.6 is 0 Å².